The van der Waals surface area contributed by atoms with Gasteiger partial charge in [-0.3, -0.25) is 0 Å². The molecule has 1 aromatic carbocycles. The van der Waals surface area contributed by atoms with Gasteiger partial charge >= 0.3 is 5.97 Å². The molecule has 0 saturated heterocycles. The third-order valence-corrected chi connectivity index (χ3v) is 3.67. The van der Waals surface area contributed by atoms with Crippen LogP contribution < -0.4 is 0 Å². The van der Waals surface area contributed by atoms with Crippen molar-refractivity contribution < 1.29 is 9.90 Å². The minimum absolute atomic E-state index is 0.112. The highest BCUT2D eigenvalue weighted by molar-refractivity contribution is 5.91. The zero-order chi connectivity index (χ0) is 14.3. The van der Waals surface area contributed by atoms with E-state index in [0.717, 1.165) is 29.9 Å². The number of aromatic carboxylic acids is 1. The number of aromatic nitrogens is 2. The van der Waals surface area contributed by atoms with Gasteiger partial charge in [0.1, 0.15) is 5.56 Å². The highest BCUT2D eigenvalue weighted by Crippen LogP contribution is 2.43. The molecule has 1 aliphatic carbocycles. The molecule has 4 nitrogen and oxygen atoms in total. The first-order valence-electron chi connectivity index (χ1n) is 7.01. The number of hydrogen-bond donors (Lipinski definition) is 1. The van der Waals surface area contributed by atoms with E-state index in [1.165, 1.54) is 0 Å². The number of nitrogens with zero attached hydrogens (tertiary/aromatic N) is 2. The van der Waals surface area contributed by atoms with Crippen molar-refractivity contribution in [2.45, 2.75) is 38.5 Å². The van der Waals surface area contributed by atoms with Crippen LogP contribution >= 0.6 is 0 Å². The highest BCUT2D eigenvalue weighted by Gasteiger charge is 2.35. The molecule has 0 spiro atoms. The standard InChI is InChI=1S/C16H18N2O2/c1-10(2)15-13(16(19)20)14(11-8-9-11)17-18(15)12-6-4-3-5-7-12/h3-7,10-11H,8-9H2,1-2H3,(H,19,20). The first kappa shape index (κ1) is 12.9. The zero-order valence-electron chi connectivity index (χ0n) is 11.7. The lowest BCUT2D eigenvalue weighted by atomic mass is 10.0. The molecule has 0 bridgehead atoms. The highest BCUT2D eigenvalue weighted by atomic mass is 16.4. The quantitative estimate of drug-likeness (QED) is 0.924. The summed E-state index contributed by atoms with van der Waals surface area (Å²) in [6.07, 6.45) is 2.09. The van der Waals surface area contributed by atoms with Crippen molar-refractivity contribution in [1.29, 1.82) is 0 Å². The fourth-order valence-corrected chi connectivity index (χ4v) is 2.61. The van der Waals surface area contributed by atoms with Gasteiger partial charge in [0.05, 0.1) is 17.1 Å². The second kappa shape index (κ2) is 4.78. The molecule has 1 heterocycles. The summed E-state index contributed by atoms with van der Waals surface area (Å²) in [5.74, 6) is -0.428. The van der Waals surface area contributed by atoms with Gasteiger partial charge < -0.3 is 5.11 Å². The maximum atomic E-state index is 11.7. The summed E-state index contributed by atoms with van der Waals surface area (Å²) in [6, 6.07) is 9.75. The number of hydrogen-bond acceptors (Lipinski definition) is 2. The van der Waals surface area contributed by atoms with Gasteiger partial charge in [-0.15, -0.1) is 0 Å². The number of carboxylic acids is 1. The fraction of sp³-hybridized carbons (Fsp3) is 0.375. The van der Waals surface area contributed by atoms with E-state index < -0.39 is 5.97 Å². The molecule has 1 saturated carbocycles. The summed E-state index contributed by atoms with van der Waals surface area (Å²) < 4.78 is 1.81. The Balaban J connectivity index is 2.24. The summed E-state index contributed by atoms with van der Waals surface area (Å²) in [7, 11) is 0. The van der Waals surface area contributed by atoms with Gasteiger partial charge in [0, 0.05) is 5.92 Å². The van der Waals surface area contributed by atoms with Crippen LogP contribution in [0.3, 0.4) is 0 Å². The number of carboxylic acid groups (broad SMARTS) is 1. The Morgan fingerprint density at radius 2 is 1.95 bits per heavy atom. The minimum Gasteiger partial charge on any atom is -0.478 e. The third kappa shape index (κ3) is 2.11. The van der Waals surface area contributed by atoms with E-state index in [1.807, 2.05) is 48.9 Å². The van der Waals surface area contributed by atoms with Gasteiger partial charge in [0.25, 0.3) is 0 Å². The molecular weight excluding hydrogens is 252 g/mol. The first-order chi connectivity index (χ1) is 9.59. The Morgan fingerprint density at radius 3 is 2.45 bits per heavy atom. The second-order valence-electron chi connectivity index (χ2n) is 5.63. The molecule has 0 unspecified atom stereocenters. The molecule has 1 N–H and O–H groups in total. The maximum Gasteiger partial charge on any atom is 0.339 e. The van der Waals surface area contributed by atoms with Crippen LogP contribution in [0.25, 0.3) is 5.69 Å². The van der Waals surface area contributed by atoms with Crippen molar-refractivity contribution in [3.8, 4) is 5.69 Å². The molecule has 104 valence electrons. The molecule has 0 radical (unpaired) electrons. The summed E-state index contributed by atoms with van der Waals surface area (Å²) in [6.45, 7) is 4.03. The minimum atomic E-state index is -0.863. The van der Waals surface area contributed by atoms with E-state index in [-0.39, 0.29) is 5.92 Å². The van der Waals surface area contributed by atoms with E-state index in [9.17, 15) is 9.90 Å². The Kier molecular flexibility index (Phi) is 3.08. The van der Waals surface area contributed by atoms with Crippen molar-refractivity contribution in [3.05, 3.63) is 47.3 Å². The average Bonchev–Trinajstić information content (AvgIpc) is 3.18. The van der Waals surface area contributed by atoms with Crippen molar-refractivity contribution in [2.24, 2.45) is 0 Å². The van der Waals surface area contributed by atoms with Gasteiger partial charge in [-0.25, -0.2) is 9.48 Å². The lowest BCUT2D eigenvalue weighted by Gasteiger charge is -2.11. The van der Waals surface area contributed by atoms with Crippen LogP contribution in [-0.2, 0) is 0 Å². The van der Waals surface area contributed by atoms with E-state index in [4.69, 9.17) is 0 Å². The van der Waals surface area contributed by atoms with Gasteiger partial charge in [-0.05, 0) is 30.9 Å². The molecule has 0 aliphatic heterocycles. The largest absolute Gasteiger partial charge is 0.478 e. The number of rotatable bonds is 4. The predicted octanol–water partition coefficient (Wildman–Crippen LogP) is 3.57. The third-order valence-electron chi connectivity index (χ3n) is 3.67. The van der Waals surface area contributed by atoms with Crippen molar-refractivity contribution in [3.63, 3.8) is 0 Å². The molecule has 3 rings (SSSR count). The lowest BCUT2D eigenvalue weighted by molar-refractivity contribution is 0.0694. The molecule has 1 aliphatic rings. The first-order valence-corrected chi connectivity index (χ1v) is 7.01. The molecule has 4 heteroatoms. The number of benzene rings is 1. The Labute approximate surface area is 118 Å². The Morgan fingerprint density at radius 1 is 1.30 bits per heavy atom. The van der Waals surface area contributed by atoms with Crippen molar-refractivity contribution in [1.82, 2.24) is 9.78 Å². The van der Waals surface area contributed by atoms with Crippen LogP contribution in [0.5, 0.6) is 0 Å². The normalized spacial score (nSPS) is 14.8. The van der Waals surface area contributed by atoms with Gasteiger partial charge in [-0.1, -0.05) is 32.0 Å². The zero-order valence-corrected chi connectivity index (χ0v) is 11.7. The molecule has 0 amide bonds. The molecule has 20 heavy (non-hydrogen) atoms. The Bertz CT molecular complexity index is 640. The van der Waals surface area contributed by atoms with Crippen molar-refractivity contribution in [2.75, 3.05) is 0 Å². The van der Waals surface area contributed by atoms with E-state index in [0.29, 0.717) is 11.5 Å². The number of para-hydroxylation sites is 1. The summed E-state index contributed by atoms with van der Waals surface area (Å²) in [5, 5.41) is 14.2. The molecule has 1 fully saturated rings. The van der Waals surface area contributed by atoms with Crippen LogP contribution in [0.2, 0.25) is 0 Å². The smallest absolute Gasteiger partial charge is 0.339 e. The van der Waals surface area contributed by atoms with Crippen LogP contribution in [0.4, 0.5) is 0 Å². The second-order valence-corrected chi connectivity index (χ2v) is 5.63. The van der Waals surface area contributed by atoms with Gasteiger partial charge in [0.2, 0.25) is 0 Å². The average molecular weight is 270 g/mol. The van der Waals surface area contributed by atoms with Crippen LogP contribution in [0.1, 0.15) is 60.3 Å². The van der Waals surface area contributed by atoms with Crippen LogP contribution in [-0.4, -0.2) is 20.9 Å². The SMILES string of the molecule is CC(C)c1c(C(=O)O)c(C2CC2)nn1-c1ccccc1. The van der Waals surface area contributed by atoms with E-state index >= 15 is 0 Å². The molecule has 0 atom stereocenters. The molecular formula is C16H18N2O2. The van der Waals surface area contributed by atoms with Crippen LogP contribution in [0, 0.1) is 0 Å². The number of carbonyl (C=O) groups is 1. The van der Waals surface area contributed by atoms with Gasteiger partial charge in [0.15, 0.2) is 0 Å². The summed E-state index contributed by atoms with van der Waals surface area (Å²) in [5.41, 5.74) is 2.88. The van der Waals surface area contributed by atoms with E-state index in [1.54, 1.807) is 0 Å². The van der Waals surface area contributed by atoms with Crippen molar-refractivity contribution >= 4 is 5.97 Å². The Hall–Kier alpha value is -2.10. The topological polar surface area (TPSA) is 55.1 Å². The lowest BCUT2D eigenvalue weighted by Crippen LogP contribution is -2.08. The predicted molar refractivity (Wildman–Crippen MR) is 76.6 cm³/mol. The molecule has 2 aromatic rings. The molecule has 1 aromatic heterocycles. The van der Waals surface area contributed by atoms with Crippen LogP contribution in [0.15, 0.2) is 30.3 Å². The van der Waals surface area contributed by atoms with Gasteiger partial charge in [-0.2, -0.15) is 5.10 Å². The van der Waals surface area contributed by atoms with E-state index in [2.05, 4.69) is 5.10 Å². The summed E-state index contributed by atoms with van der Waals surface area (Å²) in [4.78, 5) is 11.7. The monoisotopic (exact) mass is 270 g/mol. The summed E-state index contributed by atoms with van der Waals surface area (Å²) >= 11 is 0. The maximum absolute atomic E-state index is 11.7. The fourth-order valence-electron chi connectivity index (χ4n) is 2.61.